The molecule has 38 heavy (non-hydrogen) atoms. The third kappa shape index (κ3) is 11.4. The summed E-state index contributed by atoms with van der Waals surface area (Å²) in [6.45, 7) is 15.4. The fraction of sp³-hybridized carbons (Fsp3) is 0.630. The first kappa shape index (κ1) is 32.7. The van der Waals surface area contributed by atoms with Gasteiger partial charge in [-0.3, -0.25) is 9.59 Å². The predicted molar refractivity (Wildman–Crippen MR) is 138 cm³/mol. The average Bonchev–Trinajstić information content (AvgIpc) is 2.79. The molecule has 0 saturated heterocycles. The van der Waals surface area contributed by atoms with Gasteiger partial charge in [0, 0.05) is 6.92 Å². The molecule has 0 amide bonds. The molecule has 11 nitrogen and oxygen atoms in total. The minimum Gasteiger partial charge on any atom is -0.459 e. The summed E-state index contributed by atoms with van der Waals surface area (Å²) < 4.78 is 31.4. The van der Waals surface area contributed by atoms with Crippen molar-refractivity contribution in [3.05, 3.63) is 23.8 Å². The highest BCUT2D eigenvalue weighted by Crippen LogP contribution is 2.30. The number of ether oxygens (including phenoxy) is 6. The zero-order valence-corrected chi connectivity index (χ0v) is 23.6. The quantitative estimate of drug-likeness (QED) is 0.226. The Morgan fingerprint density at radius 2 is 1.16 bits per heavy atom. The van der Waals surface area contributed by atoms with E-state index in [1.165, 1.54) is 19.1 Å². The normalized spacial score (nSPS) is 15.1. The first-order valence-electron chi connectivity index (χ1n) is 12.6. The Bertz CT molecular complexity index is 961. The fourth-order valence-electron chi connectivity index (χ4n) is 2.71. The second-order valence-electron chi connectivity index (χ2n) is 9.89. The summed E-state index contributed by atoms with van der Waals surface area (Å²) in [4.78, 5) is 48.3. The van der Waals surface area contributed by atoms with E-state index in [2.05, 4.69) is 0 Å². The van der Waals surface area contributed by atoms with Crippen LogP contribution in [0.1, 0.15) is 67.9 Å². The summed E-state index contributed by atoms with van der Waals surface area (Å²) in [6, 6.07) is 3.29. The van der Waals surface area contributed by atoms with E-state index < -0.39 is 54.7 Å². The first-order valence-corrected chi connectivity index (χ1v) is 12.6. The summed E-state index contributed by atoms with van der Waals surface area (Å²) in [5, 5.41) is 0. The Labute approximate surface area is 224 Å². The summed E-state index contributed by atoms with van der Waals surface area (Å²) in [5.41, 5.74) is 6.52. The maximum absolute atomic E-state index is 12.5. The van der Waals surface area contributed by atoms with E-state index >= 15 is 0 Å². The van der Waals surface area contributed by atoms with Crippen molar-refractivity contribution < 1.29 is 47.6 Å². The van der Waals surface area contributed by atoms with Crippen molar-refractivity contribution in [2.24, 2.45) is 17.6 Å². The molecule has 5 atom stereocenters. The van der Waals surface area contributed by atoms with Gasteiger partial charge in [-0.05, 0) is 63.6 Å². The number of carbonyl (C=O) groups is 4. The van der Waals surface area contributed by atoms with Crippen LogP contribution >= 0.6 is 0 Å². The second-order valence-corrected chi connectivity index (χ2v) is 9.89. The van der Waals surface area contributed by atoms with Crippen LogP contribution in [0.15, 0.2) is 18.2 Å². The molecule has 214 valence electrons. The molecule has 0 aliphatic carbocycles. The van der Waals surface area contributed by atoms with Gasteiger partial charge in [0.25, 0.3) is 0 Å². The van der Waals surface area contributed by atoms with Gasteiger partial charge in [0.05, 0.1) is 0 Å². The van der Waals surface area contributed by atoms with E-state index in [1.54, 1.807) is 33.8 Å². The summed E-state index contributed by atoms with van der Waals surface area (Å²) in [6.07, 6.45) is -4.15. The van der Waals surface area contributed by atoms with Crippen LogP contribution in [0.4, 0.5) is 9.59 Å². The molecule has 0 heterocycles. The SMILES string of the molecule is CC(=O)O[C@@H](C)[C@H](C)OC(=O)[C@@H](N)Cc1ccc(OC(=O)OC(C)C(C)C)c(OC(=O)OC(C)C(C)C)c1. The van der Waals surface area contributed by atoms with Gasteiger partial charge in [0.15, 0.2) is 11.5 Å². The Hall–Kier alpha value is -3.34. The molecule has 1 rings (SSSR count). The lowest BCUT2D eigenvalue weighted by molar-refractivity contribution is -0.164. The van der Waals surface area contributed by atoms with Crippen molar-refractivity contribution in [2.75, 3.05) is 0 Å². The zero-order valence-electron chi connectivity index (χ0n) is 23.6. The number of hydrogen-bond acceptors (Lipinski definition) is 11. The van der Waals surface area contributed by atoms with Crippen molar-refractivity contribution >= 4 is 24.2 Å². The van der Waals surface area contributed by atoms with Crippen molar-refractivity contribution in [1.29, 1.82) is 0 Å². The van der Waals surface area contributed by atoms with E-state index in [9.17, 15) is 19.2 Å². The third-order valence-corrected chi connectivity index (χ3v) is 5.91. The maximum Gasteiger partial charge on any atom is 0.514 e. The Kier molecular flexibility index (Phi) is 13.0. The van der Waals surface area contributed by atoms with Gasteiger partial charge in [-0.25, -0.2) is 9.59 Å². The summed E-state index contributed by atoms with van der Waals surface area (Å²) in [7, 11) is 0. The number of benzene rings is 1. The third-order valence-electron chi connectivity index (χ3n) is 5.91. The van der Waals surface area contributed by atoms with Crippen molar-refractivity contribution in [1.82, 2.24) is 0 Å². The summed E-state index contributed by atoms with van der Waals surface area (Å²) >= 11 is 0. The van der Waals surface area contributed by atoms with Crippen LogP contribution in [0.25, 0.3) is 0 Å². The van der Waals surface area contributed by atoms with Crippen LogP contribution in [0.5, 0.6) is 11.5 Å². The van der Waals surface area contributed by atoms with Gasteiger partial charge in [-0.15, -0.1) is 0 Å². The van der Waals surface area contributed by atoms with E-state index in [0.717, 1.165) is 0 Å². The van der Waals surface area contributed by atoms with Crippen LogP contribution in [0, 0.1) is 11.8 Å². The molecule has 2 N–H and O–H groups in total. The van der Waals surface area contributed by atoms with Crippen LogP contribution in [0.3, 0.4) is 0 Å². The van der Waals surface area contributed by atoms with E-state index in [-0.39, 0.29) is 29.8 Å². The molecule has 11 heteroatoms. The molecular formula is C27H41NO10. The molecule has 0 aliphatic rings. The minimum absolute atomic E-state index is 0.0103. The molecule has 0 spiro atoms. The standard InChI is InChI=1S/C27H41NO10/c1-14(2)16(5)35-26(31)37-23-11-10-21(13-24(23)38-27(32)36-17(6)15(3)4)12-22(28)25(30)34-19(8)18(7)33-20(9)29/h10-11,13-19,22H,12,28H2,1-9H3/t16?,17?,18-,19-,22-/m0/s1. The van der Waals surface area contributed by atoms with E-state index in [1.807, 2.05) is 27.7 Å². The van der Waals surface area contributed by atoms with Crippen LogP contribution < -0.4 is 15.2 Å². The molecule has 1 aromatic carbocycles. The molecule has 2 unspecified atom stereocenters. The van der Waals surface area contributed by atoms with Gasteiger partial charge < -0.3 is 34.2 Å². The molecule has 0 fully saturated rings. The highest BCUT2D eigenvalue weighted by molar-refractivity contribution is 5.76. The zero-order chi connectivity index (χ0) is 29.2. The Balaban J connectivity index is 3.05. The monoisotopic (exact) mass is 539 g/mol. The highest BCUT2D eigenvalue weighted by Gasteiger charge is 2.25. The lowest BCUT2D eigenvalue weighted by Crippen LogP contribution is -2.39. The molecule has 0 saturated carbocycles. The largest absolute Gasteiger partial charge is 0.514 e. The van der Waals surface area contributed by atoms with E-state index in [0.29, 0.717) is 5.56 Å². The Morgan fingerprint density at radius 1 is 0.684 bits per heavy atom. The first-order chi connectivity index (χ1) is 17.6. The van der Waals surface area contributed by atoms with Gasteiger partial charge in [0.2, 0.25) is 0 Å². The van der Waals surface area contributed by atoms with Crippen LogP contribution in [-0.2, 0) is 35.0 Å². The van der Waals surface area contributed by atoms with Crippen molar-refractivity contribution in [3.8, 4) is 11.5 Å². The van der Waals surface area contributed by atoms with E-state index in [4.69, 9.17) is 34.2 Å². The van der Waals surface area contributed by atoms with Crippen molar-refractivity contribution in [2.45, 2.75) is 99.2 Å². The van der Waals surface area contributed by atoms with Gasteiger partial charge >= 0.3 is 24.2 Å². The number of hydrogen-bond donors (Lipinski definition) is 1. The van der Waals surface area contributed by atoms with Crippen LogP contribution in [0.2, 0.25) is 0 Å². The number of nitrogens with two attached hydrogens (primary N) is 1. The lowest BCUT2D eigenvalue weighted by Gasteiger charge is -2.22. The second kappa shape index (κ2) is 15.2. The average molecular weight is 540 g/mol. The molecule has 0 bridgehead atoms. The predicted octanol–water partition coefficient (Wildman–Crippen LogP) is 4.56. The minimum atomic E-state index is -1.08. The number of carbonyl (C=O) groups excluding carboxylic acids is 4. The topological polar surface area (TPSA) is 150 Å². The van der Waals surface area contributed by atoms with Gasteiger partial charge in [0.1, 0.15) is 30.5 Å². The molecular weight excluding hydrogens is 498 g/mol. The maximum atomic E-state index is 12.5. The van der Waals surface area contributed by atoms with Gasteiger partial charge in [-0.2, -0.15) is 0 Å². The number of rotatable bonds is 12. The Morgan fingerprint density at radius 3 is 1.63 bits per heavy atom. The van der Waals surface area contributed by atoms with Crippen molar-refractivity contribution in [3.63, 3.8) is 0 Å². The molecule has 0 aliphatic heterocycles. The molecule has 0 radical (unpaired) electrons. The highest BCUT2D eigenvalue weighted by atomic mass is 16.8. The molecule has 0 aromatic heterocycles. The smallest absolute Gasteiger partial charge is 0.459 e. The summed E-state index contributed by atoms with van der Waals surface area (Å²) in [5.74, 6) is -1.29. The molecule has 1 aromatic rings. The van der Waals surface area contributed by atoms with Gasteiger partial charge in [-0.1, -0.05) is 33.8 Å². The fourth-order valence-corrected chi connectivity index (χ4v) is 2.71. The number of esters is 2. The van der Waals surface area contributed by atoms with Crippen LogP contribution in [-0.4, -0.2) is 54.7 Å². The lowest BCUT2D eigenvalue weighted by atomic mass is 10.1.